The maximum atomic E-state index is 11.5. The van der Waals surface area contributed by atoms with Crippen LogP contribution in [0.3, 0.4) is 0 Å². The number of nitrogens with zero attached hydrogens (tertiary/aromatic N) is 1. The van der Waals surface area contributed by atoms with Gasteiger partial charge in [0.25, 0.3) is 5.91 Å². The predicted octanol–water partition coefficient (Wildman–Crippen LogP) is -0.808. The number of carbonyl (C=O) groups excluding carboxylic acids is 3. The lowest BCUT2D eigenvalue weighted by atomic mass is 10.2. The number of nitrogens with one attached hydrogen (secondary N) is 1. The number of rotatable bonds is 4. The number of urea groups is 1. The first-order valence-corrected chi connectivity index (χ1v) is 4.46. The average Bonchev–Trinajstić information content (AvgIpc) is 2.33. The van der Waals surface area contributed by atoms with Crippen molar-refractivity contribution < 1.29 is 14.4 Å². The van der Waals surface area contributed by atoms with Gasteiger partial charge in [-0.15, -0.1) is 0 Å². The molecule has 0 bridgehead atoms. The third-order valence-corrected chi connectivity index (χ3v) is 2.00. The zero-order chi connectivity index (χ0) is 10.7. The van der Waals surface area contributed by atoms with Gasteiger partial charge in [0.1, 0.15) is 12.6 Å². The summed E-state index contributed by atoms with van der Waals surface area (Å²) in [7, 11) is 0. The van der Waals surface area contributed by atoms with Crippen molar-refractivity contribution in [2.45, 2.75) is 25.8 Å². The molecule has 1 saturated heterocycles. The summed E-state index contributed by atoms with van der Waals surface area (Å²) >= 11 is 0. The van der Waals surface area contributed by atoms with Gasteiger partial charge >= 0.3 is 6.03 Å². The molecule has 3 N–H and O–H groups in total. The summed E-state index contributed by atoms with van der Waals surface area (Å²) in [5.74, 6) is -1.05. The van der Waals surface area contributed by atoms with Gasteiger partial charge in [0.15, 0.2) is 0 Å². The number of primary amides is 1. The Morgan fingerprint density at radius 1 is 1.57 bits per heavy atom. The minimum absolute atomic E-state index is 0.342. The Bertz CT molecular complexity index is 277. The molecule has 78 valence electrons. The van der Waals surface area contributed by atoms with Crippen LogP contribution < -0.4 is 11.1 Å². The molecule has 0 aliphatic carbocycles. The summed E-state index contributed by atoms with van der Waals surface area (Å²) < 4.78 is 0. The van der Waals surface area contributed by atoms with Crippen molar-refractivity contribution in [2.24, 2.45) is 5.73 Å². The van der Waals surface area contributed by atoms with Crippen LogP contribution in [-0.2, 0) is 9.59 Å². The zero-order valence-electron chi connectivity index (χ0n) is 7.95. The SMILES string of the molecule is CCCC1NC(=O)N(CC(N)=O)C1=O. The summed E-state index contributed by atoms with van der Waals surface area (Å²) in [6, 6.07) is -1.03. The molecule has 1 heterocycles. The maximum Gasteiger partial charge on any atom is 0.325 e. The first-order valence-electron chi connectivity index (χ1n) is 4.46. The van der Waals surface area contributed by atoms with Crippen LogP contribution >= 0.6 is 0 Å². The summed E-state index contributed by atoms with van der Waals surface area (Å²) in [6.45, 7) is 1.57. The molecule has 1 aliphatic heterocycles. The van der Waals surface area contributed by atoms with E-state index in [-0.39, 0.29) is 12.5 Å². The smallest absolute Gasteiger partial charge is 0.325 e. The molecule has 0 aromatic rings. The number of carbonyl (C=O) groups is 3. The highest BCUT2D eigenvalue weighted by Gasteiger charge is 2.37. The summed E-state index contributed by atoms with van der Waals surface area (Å²) in [6.07, 6.45) is 1.38. The highest BCUT2D eigenvalue weighted by molar-refractivity contribution is 6.06. The van der Waals surface area contributed by atoms with E-state index in [1.54, 1.807) is 0 Å². The Morgan fingerprint density at radius 3 is 2.71 bits per heavy atom. The Labute approximate surface area is 81.4 Å². The van der Waals surface area contributed by atoms with Crippen molar-refractivity contribution in [3.63, 3.8) is 0 Å². The van der Waals surface area contributed by atoms with Crippen LogP contribution in [0.2, 0.25) is 0 Å². The topological polar surface area (TPSA) is 92.5 Å². The Kier molecular flexibility index (Phi) is 3.06. The molecule has 6 nitrogen and oxygen atoms in total. The van der Waals surface area contributed by atoms with E-state index >= 15 is 0 Å². The second-order valence-electron chi connectivity index (χ2n) is 3.18. The number of imide groups is 1. The number of nitrogens with two attached hydrogens (primary N) is 1. The quantitative estimate of drug-likeness (QED) is 0.580. The summed E-state index contributed by atoms with van der Waals surface area (Å²) in [5, 5.41) is 2.49. The normalized spacial score (nSPS) is 21.2. The molecule has 0 spiro atoms. The molecule has 1 fully saturated rings. The standard InChI is InChI=1S/C8H13N3O3/c1-2-3-5-7(13)11(4-6(9)12)8(14)10-5/h5H,2-4H2,1H3,(H2,9,12)(H,10,14). The lowest BCUT2D eigenvalue weighted by Crippen LogP contribution is -2.38. The molecule has 0 aromatic heterocycles. The largest absolute Gasteiger partial charge is 0.368 e. The molecular formula is C8H13N3O3. The van der Waals surface area contributed by atoms with E-state index in [0.717, 1.165) is 11.3 Å². The van der Waals surface area contributed by atoms with E-state index in [1.165, 1.54) is 0 Å². The molecule has 1 unspecified atom stereocenters. The van der Waals surface area contributed by atoms with Crippen LogP contribution in [0.15, 0.2) is 0 Å². The first kappa shape index (κ1) is 10.5. The van der Waals surface area contributed by atoms with Crippen molar-refractivity contribution in [1.29, 1.82) is 0 Å². The van der Waals surface area contributed by atoms with Crippen molar-refractivity contribution in [1.82, 2.24) is 10.2 Å². The molecule has 6 heteroatoms. The zero-order valence-corrected chi connectivity index (χ0v) is 7.95. The van der Waals surface area contributed by atoms with Gasteiger partial charge in [-0.1, -0.05) is 13.3 Å². The van der Waals surface area contributed by atoms with Crippen LogP contribution in [0.4, 0.5) is 4.79 Å². The molecule has 1 aliphatic rings. The average molecular weight is 199 g/mol. The van der Waals surface area contributed by atoms with E-state index in [0.29, 0.717) is 6.42 Å². The molecular weight excluding hydrogens is 186 g/mol. The van der Waals surface area contributed by atoms with Crippen LogP contribution in [0, 0.1) is 0 Å². The van der Waals surface area contributed by atoms with Gasteiger partial charge in [0.2, 0.25) is 5.91 Å². The van der Waals surface area contributed by atoms with Crippen molar-refractivity contribution in [3.05, 3.63) is 0 Å². The second kappa shape index (κ2) is 4.08. The Balaban J connectivity index is 2.65. The molecule has 1 atom stereocenters. The van der Waals surface area contributed by atoms with Crippen molar-refractivity contribution >= 4 is 17.8 Å². The number of amides is 4. The molecule has 4 amide bonds. The minimum Gasteiger partial charge on any atom is -0.368 e. The van der Waals surface area contributed by atoms with Gasteiger partial charge in [0, 0.05) is 0 Å². The first-order chi connectivity index (χ1) is 6.56. The monoisotopic (exact) mass is 199 g/mol. The van der Waals surface area contributed by atoms with Crippen molar-refractivity contribution in [3.8, 4) is 0 Å². The molecule has 0 radical (unpaired) electrons. The minimum atomic E-state index is -0.689. The highest BCUT2D eigenvalue weighted by Crippen LogP contribution is 2.10. The van der Waals surface area contributed by atoms with Crippen LogP contribution in [-0.4, -0.2) is 35.3 Å². The third kappa shape index (κ3) is 2.01. The van der Waals surface area contributed by atoms with Gasteiger partial charge in [-0.2, -0.15) is 0 Å². The lowest BCUT2D eigenvalue weighted by Gasteiger charge is -2.09. The summed E-state index contributed by atoms with van der Waals surface area (Å²) in [5.41, 5.74) is 4.90. The molecule has 0 saturated carbocycles. The van der Waals surface area contributed by atoms with Crippen molar-refractivity contribution in [2.75, 3.05) is 6.54 Å². The third-order valence-electron chi connectivity index (χ3n) is 2.00. The number of hydrogen-bond acceptors (Lipinski definition) is 3. The van der Waals surface area contributed by atoms with Gasteiger partial charge in [-0.05, 0) is 6.42 Å². The van der Waals surface area contributed by atoms with E-state index in [4.69, 9.17) is 5.73 Å². The lowest BCUT2D eigenvalue weighted by molar-refractivity contribution is -0.131. The van der Waals surface area contributed by atoms with E-state index in [1.807, 2.05) is 6.92 Å². The Hall–Kier alpha value is -1.59. The fraction of sp³-hybridized carbons (Fsp3) is 0.625. The van der Waals surface area contributed by atoms with Crippen LogP contribution in [0.25, 0.3) is 0 Å². The number of hydrogen-bond donors (Lipinski definition) is 2. The van der Waals surface area contributed by atoms with E-state index in [2.05, 4.69) is 5.32 Å². The molecule has 14 heavy (non-hydrogen) atoms. The van der Waals surface area contributed by atoms with Gasteiger partial charge in [-0.3, -0.25) is 14.5 Å². The van der Waals surface area contributed by atoms with Gasteiger partial charge < -0.3 is 11.1 Å². The van der Waals surface area contributed by atoms with E-state index < -0.39 is 18.0 Å². The fourth-order valence-electron chi connectivity index (χ4n) is 1.37. The van der Waals surface area contributed by atoms with Crippen LogP contribution in [0.5, 0.6) is 0 Å². The highest BCUT2D eigenvalue weighted by atomic mass is 16.2. The Morgan fingerprint density at radius 2 is 2.21 bits per heavy atom. The summed E-state index contributed by atoms with van der Waals surface area (Å²) in [4.78, 5) is 34.1. The molecule has 1 rings (SSSR count). The maximum absolute atomic E-state index is 11.5. The van der Waals surface area contributed by atoms with Gasteiger partial charge in [0.05, 0.1) is 0 Å². The molecule has 0 aromatic carbocycles. The predicted molar refractivity (Wildman–Crippen MR) is 48.1 cm³/mol. The van der Waals surface area contributed by atoms with Crippen LogP contribution in [0.1, 0.15) is 19.8 Å². The second-order valence-corrected chi connectivity index (χ2v) is 3.18. The van der Waals surface area contributed by atoms with E-state index in [9.17, 15) is 14.4 Å². The fourth-order valence-corrected chi connectivity index (χ4v) is 1.37. The van der Waals surface area contributed by atoms with Gasteiger partial charge in [-0.25, -0.2) is 4.79 Å².